The normalized spacial score (nSPS) is 35.9. The molecule has 5 rings (SSSR count). The molecule has 0 radical (unpaired) electrons. The Hall–Kier alpha value is -0.910. The van der Waals surface area contributed by atoms with Crippen molar-refractivity contribution in [3.63, 3.8) is 0 Å². The lowest BCUT2D eigenvalue weighted by atomic mass is 9.65. The second kappa shape index (κ2) is 8.56. The number of benzene rings is 1. The van der Waals surface area contributed by atoms with Gasteiger partial charge in [0.1, 0.15) is 0 Å². The monoisotopic (exact) mass is 502 g/mol. The highest BCUT2D eigenvalue weighted by atomic mass is 32.2. The van der Waals surface area contributed by atoms with Gasteiger partial charge in [-0.05, 0) is 83.3 Å². The fourth-order valence-electron chi connectivity index (χ4n) is 8.25. The zero-order valence-electron chi connectivity index (χ0n) is 23.8. The van der Waals surface area contributed by atoms with Crippen LogP contribution in [-0.2, 0) is 15.4 Å². The van der Waals surface area contributed by atoms with E-state index in [1.807, 2.05) is 12.1 Å². The summed E-state index contributed by atoms with van der Waals surface area (Å²) in [5.41, 5.74) is 2.73. The molecule has 4 aliphatic rings. The first-order chi connectivity index (χ1) is 15.8. The average molecular weight is 503 g/mol. The molecule has 35 heavy (non-hydrogen) atoms. The Morgan fingerprint density at radius 2 is 1.40 bits per heavy atom. The molecule has 0 spiro atoms. The predicted octanol–water partition coefficient (Wildman–Crippen LogP) is 6.75. The standard InChI is InChI=1S/C20H31NO2S.C10H19N/c1-18(2,3)15-7-9-17(10-8-15)24(22,23)21-14-20(6)12-16(21)11-19(4,5)13-20;1-9(2)4-8-5-10(3,6-9)7-11-8/h7-10,16H,11-14H2,1-6H3;8,11H,4-7H2,1-3H3. The molecule has 2 aliphatic carbocycles. The highest BCUT2D eigenvalue weighted by molar-refractivity contribution is 7.89. The number of hydrogen-bond acceptors (Lipinski definition) is 3. The Labute approximate surface area is 215 Å². The summed E-state index contributed by atoms with van der Waals surface area (Å²) in [5.74, 6) is 0. The van der Waals surface area contributed by atoms with Gasteiger partial charge in [-0.15, -0.1) is 0 Å². The van der Waals surface area contributed by atoms with E-state index in [2.05, 4.69) is 67.6 Å². The summed E-state index contributed by atoms with van der Waals surface area (Å²) < 4.78 is 28.2. The minimum Gasteiger partial charge on any atom is -0.313 e. The van der Waals surface area contributed by atoms with Crippen molar-refractivity contribution in [1.82, 2.24) is 9.62 Å². The van der Waals surface area contributed by atoms with Gasteiger partial charge in [0.2, 0.25) is 10.0 Å². The minimum absolute atomic E-state index is 0.0317. The van der Waals surface area contributed by atoms with Gasteiger partial charge in [0.25, 0.3) is 0 Å². The van der Waals surface area contributed by atoms with Gasteiger partial charge in [-0.2, -0.15) is 4.31 Å². The van der Waals surface area contributed by atoms with Crippen LogP contribution in [0, 0.1) is 21.7 Å². The fourth-order valence-corrected chi connectivity index (χ4v) is 10.0. The summed E-state index contributed by atoms with van der Waals surface area (Å²) in [6.07, 6.45) is 7.26. The van der Waals surface area contributed by atoms with Gasteiger partial charge in [0.15, 0.2) is 0 Å². The number of nitrogens with zero attached hydrogens (tertiary/aromatic N) is 1. The Bertz CT molecular complexity index is 1040. The fraction of sp³-hybridized carbons (Fsp3) is 0.800. The maximum atomic E-state index is 13.2. The number of fused-ring (bicyclic) bond motifs is 4. The molecule has 4 atom stereocenters. The molecule has 0 amide bonds. The molecular formula is C30H50N2O2S. The molecule has 4 nitrogen and oxygen atoms in total. The Kier molecular flexibility index (Phi) is 6.64. The molecular weight excluding hydrogens is 452 g/mol. The molecule has 198 valence electrons. The van der Waals surface area contributed by atoms with E-state index in [1.54, 1.807) is 16.4 Å². The van der Waals surface area contributed by atoms with Gasteiger partial charge >= 0.3 is 0 Å². The van der Waals surface area contributed by atoms with E-state index in [-0.39, 0.29) is 22.3 Å². The Morgan fingerprint density at radius 1 is 0.829 bits per heavy atom. The zero-order chi connectivity index (χ0) is 26.1. The Morgan fingerprint density at radius 3 is 1.97 bits per heavy atom. The van der Waals surface area contributed by atoms with Gasteiger partial charge in [-0.3, -0.25) is 0 Å². The topological polar surface area (TPSA) is 49.4 Å². The lowest BCUT2D eigenvalue weighted by Gasteiger charge is -2.39. The molecule has 4 fully saturated rings. The predicted molar refractivity (Wildman–Crippen MR) is 146 cm³/mol. The van der Waals surface area contributed by atoms with Gasteiger partial charge in [0, 0.05) is 25.2 Å². The molecule has 1 aromatic rings. The molecule has 1 aromatic carbocycles. The van der Waals surface area contributed by atoms with E-state index < -0.39 is 10.0 Å². The number of nitrogens with one attached hydrogen (secondary N) is 1. The van der Waals surface area contributed by atoms with Crippen LogP contribution in [-0.4, -0.2) is 37.9 Å². The quantitative estimate of drug-likeness (QED) is 0.487. The zero-order valence-corrected chi connectivity index (χ0v) is 24.6. The smallest absolute Gasteiger partial charge is 0.243 e. The lowest BCUT2D eigenvalue weighted by Crippen LogP contribution is -2.37. The van der Waals surface area contributed by atoms with Gasteiger partial charge in [-0.1, -0.05) is 74.4 Å². The van der Waals surface area contributed by atoms with Crippen molar-refractivity contribution in [1.29, 1.82) is 0 Å². The van der Waals surface area contributed by atoms with Crippen molar-refractivity contribution >= 4 is 10.0 Å². The molecule has 2 aliphatic heterocycles. The van der Waals surface area contributed by atoms with Crippen LogP contribution >= 0.6 is 0 Å². The second-order valence-electron chi connectivity index (χ2n) is 15.7. The van der Waals surface area contributed by atoms with E-state index in [4.69, 9.17) is 0 Å². The first-order valence-corrected chi connectivity index (χ1v) is 15.1. The van der Waals surface area contributed by atoms with Crippen LogP contribution in [0.25, 0.3) is 0 Å². The van der Waals surface area contributed by atoms with Crippen LogP contribution in [0.5, 0.6) is 0 Å². The van der Waals surface area contributed by atoms with E-state index in [0.717, 1.165) is 30.9 Å². The van der Waals surface area contributed by atoms with Gasteiger partial charge < -0.3 is 5.32 Å². The molecule has 0 aromatic heterocycles. The Balaban J connectivity index is 0.000000218. The maximum absolute atomic E-state index is 13.2. The SMILES string of the molecule is CC1(C)CC2CC(C)(CN2)C1.CC1(C)CC2CC(C)(CN2S(=O)(=O)c2ccc(C(C)(C)C)cc2)C1. The molecule has 2 heterocycles. The summed E-state index contributed by atoms with van der Waals surface area (Å²) in [6.45, 7) is 22.4. The van der Waals surface area contributed by atoms with E-state index in [9.17, 15) is 8.42 Å². The average Bonchev–Trinajstić information content (AvgIpc) is 3.11. The summed E-state index contributed by atoms with van der Waals surface area (Å²) in [4.78, 5) is 0.435. The van der Waals surface area contributed by atoms with Crippen molar-refractivity contribution in [3.05, 3.63) is 29.8 Å². The van der Waals surface area contributed by atoms with Crippen LogP contribution < -0.4 is 5.32 Å². The number of rotatable bonds is 2. The van der Waals surface area contributed by atoms with Crippen molar-refractivity contribution < 1.29 is 8.42 Å². The van der Waals surface area contributed by atoms with Gasteiger partial charge in [0.05, 0.1) is 4.90 Å². The van der Waals surface area contributed by atoms with Crippen LogP contribution in [0.2, 0.25) is 0 Å². The van der Waals surface area contributed by atoms with Crippen molar-refractivity contribution in [3.8, 4) is 0 Å². The van der Waals surface area contributed by atoms with Crippen molar-refractivity contribution in [2.45, 2.75) is 123 Å². The third-order valence-electron chi connectivity index (χ3n) is 8.95. The van der Waals surface area contributed by atoms with Crippen LogP contribution in [0.15, 0.2) is 29.2 Å². The minimum atomic E-state index is -3.41. The largest absolute Gasteiger partial charge is 0.313 e. The number of sulfonamides is 1. The first kappa shape index (κ1) is 27.1. The first-order valence-electron chi connectivity index (χ1n) is 13.7. The molecule has 2 saturated heterocycles. The van der Waals surface area contributed by atoms with Crippen LogP contribution in [0.4, 0.5) is 0 Å². The van der Waals surface area contributed by atoms with Crippen LogP contribution in [0.1, 0.15) is 106 Å². The van der Waals surface area contributed by atoms with Crippen LogP contribution in [0.3, 0.4) is 0 Å². The van der Waals surface area contributed by atoms with E-state index in [0.29, 0.717) is 22.3 Å². The lowest BCUT2D eigenvalue weighted by molar-refractivity contribution is 0.133. The highest BCUT2D eigenvalue weighted by Gasteiger charge is 2.53. The summed E-state index contributed by atoms with van der Waals surface area (Å²) >= 11 is 0. The molecule has 2 saturated carbocycles. The van der Waals surface area contributed by atoms with E-state index in [1.165, 1.54) is 25.8 Å². The molecule has 5 heteroatoms. The summed E-state index contributed by atoms with van der Waals surface area (Å²) in [6, 6.07) is 8.45. The summed E-state index contributed by atoms with van der Waals surface area (Å²) in [5, 5.41) is 3.61. The van der Waals surface area contributed by atoms with E-state index >= 15 is 0 Å². The van der Waals surface area contributed by atoms with Gasteiger partial charge in [-0.25, -0.2) is 8.42 Å². The molecule has 4 bridgehead atoms. The third-order valence-corrected chi connectivity index (χ3v) is 10.9. The molecule has 1 N–H and O–H groups in total. The molecule has 4 unspecified atom stereocenters. The summed E-state index contributed by atoms with van der Waals surface area (Å²) in [7, 11) is -3.41. The maximum Gasteiger partial charge on any atom is 0.243 e. The van der Waals surface area contributed by atoms with Crippen molar-refractivity contribution in [2.24, 2.45) is 21.7 Å². The second-order valence-corrected chi connectivity index (χ2v) is 17.6. The highest BCUT2D eigenvalue weighted by Crippen LogP contribution is 2.53. The third kappa shape index (κ3) is 5.83. The van der Waals surface area contributed by atoms with Crippen molar-refractivity contribution in [2.75, 3.05) is 13.1 Å². The number of hydrogen-bond donors (Lipinski definition) is 1.